The Morgan fingerprint density at radius 2 is 1.92 bits per heavy atom. The Kier molecular flexibility index (Phi) is 3.95. The maximum atomic E-state index is 13.0. The number of carbonyl (C=O) groups excluding carboxylic acids is 3. The first-order chi connectivity index (χ1) is 12.1. The zero-order valence-electron chi connectivity index (χ0n) is 13.8. The van der Waals surface area contributed by atoms with Crippen molar-refractivity contribution in [3.8, 4) is 0 Å². The number of carbonyl (C=O) groups is 3. The Labute approximate surface area is 145 Å². The topological polar surface area (TPSA) is 88.2 Å². The number of aromatic nitrogens is 1. The van der Waals surface area contributed by atoms with Gasteiger partial charge in [-0.3, -0.25) is 24.7 Å². The summed E-state index contributed by atoms with van der Waals surface area (Å²) in [4.78, 5) is 41.0. The van der Waals surface area contributed by atoms with Crippen molar-refractivity contribution in [2.24, 2.45) is 0 Å². The number of aryl methyl sites for hydroxylation is 1. The van der Waals surface area contributed by atoms with Crippen molar-refractivity contribution in [2.75, 3.05) is 0 Å². The molecule has 3 amide bonds. The van der Waals surface area contributed by atoms with Crippen molar-refractivity contribution >= 4 is 28.6 Å². The summed E-state index contributed by atoms with van der Waals surface area (Å²) < 4.78 is 0. The van der Waals surface area contributed by atoms with E-state index in [1.54, 1.807) is 0 Å². The van der Waals surface area contributed by atoms with E-state index < -0.39 is 11.9 Å². The number of hydrogen-bond acceptors (Lipinski definition) is 4. The van der Waals surface area contributed by atoms with Crippen LogP contribution in [0.1, 0.15) is 47.3 Å². The molecule has 0 radical (unpaired) electrons. The van der Waals surface area contributed by atoms with Crippen LogP contribution in [-0.2, 0) is 22.4 Å². The van der Waals surface area contributed by atoms with Gasteiger partial charge in [0, 0.05) is 17.5 Å². The monoisotopic (exact) mass is 337 g/mol. The van der Waals surface area contributed by atoms with Crippen molar-refractivity contribution in [2.45, 2.75) is 44.6 Å². The van der Waals surface area contributed by atoms with Gasteiger partial charge in [-0.05, 0) is 43.7 Å². The molecule has 0 spiro atoms. The van der Waals surface area contributed by atoms with E-state index >= 15 is 0 Å². The van der Waals surface area contributed by atoms with Crippen molar-refractivity contribution < 1.29 is 14.4 Å². The second-order valence-electron chi connectivity index (χ2n) is 6.61. The van der Waals surface area contributed by atoms with Crippen LogP contribution in [0.3, 0.4) is 0 Å². The van der Waals surface area contributed by atoms with Gasteiger partial charge in [0.2, 0.25) is 11.8 Å². The zero-order valence-corrected chi connectivity index (χ0v) is 13.8. The molecule has 1 aliphatic carbocycles. The minimum Gasteiger partial charge on any atom is -0.340 e. The molecule has 1 fully saturated rings. The van der Waals surface area contributed by atoms with Gasteiger partial charge in [-0.1, -0.05) is 18.2 Å². The summed E-state index contributed by atoms with van der Waals surface area (Å²) >= 11 is 0. The van der Waals surface area contributed by atoms with Crippen LogP contribution in [0.4, 0.5) is 0 Å². The zero-order chi connectivity index (χ0) is 17.4. The van der Waals surface area contributed by atoms with Gasteiger partial charge in [-0.2, -0.15) is 0 Å². The fraction of sp³-hybridized carbons (Fsp3) is 0.368. The molecule has 6 heteroatoms. The highest BCUT2D eigenvalue weighted by atomic mass is 16.2. The Balaban J connectivity index is 1.73. The maximum Gasteiger partial charge on any atom is 0.252 e. The lowest BCUT2D eigenvalue weighted by molar-refractivity contribution is -0.134. The summed E-state index contributed by atoms with van der Waals surface area (Å²) in [5.74, 6) is -0.981. The van der Waals surface area contributed by atoms with Gasteiger partial charge in [0.05, 0.1) is 11.1 Å². The number of rotatable bonds is 2. The largest absolute Gasteiger partial charge is 0.340 e. The average molecular weight is 337 g/mol. The van der Waals surface area contributed by atoms with Gasteiger partial charge < -0.3 is 5.32 Å². The first-order valence-electron chi connectivity index (χ1n) is 8.68. The Morgan fingerprint density at radius 3 is 2.76 bits per heavy atom. The molecule has 0 bridgehead atoms. The fourth-order valence-electron chi connectivity index (χ4n) is 3.69. The minimum absolute atomic E-state index is 0.242. The number of piperidine rings is 1. The second-order valence-corrected chi connectivity index (χ2v) is 6.61. The number of benzene rings is 1. The normalized spacial score (nSPS) is 20.1. The van der Waals surface area contributed by atoms with Crippen LogP contribution in [0.15, 0.2) is 24.3 Å². The van der Waals surface area contributed by atoms with E-state index in [-0.39, 0.29) is 18.2 Å². The SMILES string of the molecule is O=C1CCC(NC(=O)c2c3c(nc4ccccc24)CCCC3)C(=O)N1. The quantitative estimate of drug-likeness (QED) is 0.816. The van der Waals surface area contributed by atoms with Gasteiger partial charge in [0.25, 0.3) is 5.91 Å². The third-order valence-electron chi connectivity index (χ3n) is 4.94. The lowest BCUT2D eigenvalue weighted by atomic mass is 9.89. The number of imide groups is 1. The van der Waals surface area contributed by atoms with Crippen LogP contribution in [0, 0.1) is 0 Å². The molecule has 128 valence electrons. The predicted octanol–water partition coefficient (Wildman–Crippen LogP) is 1.65. The molecule has 6 nitrogen and oxygen atoms in total. The summed E-state index contributed by atoms with van der Waals surface area (Å²) in [7, 11) is 0. The van der Waals surface area contributed by atoms with E-state index in [4.69, 9.17) is 4.98 Å². The van der Waals surface area contributed by atoms with E-state index in [2.05, 4.69) is 10.6 Å². The lowest BCUT2D eigenvalue weighted by Crippen LogP contribution is -2.52. The number of hydrogen-bond donors (Lipinski definition) is 2. The summed E-state index contributed by atoms with van der Waals surface area (Å²) in [5, 5.41) is 5.91. The van der Waals surface area contributed by atoms with Gasteiger partial charge in [0.1, 0.15) is 6.04 Å². The molecule has 25 heavy (non-hydrogen) atoms. The van der Waals surface area contributed by atoms with Crippen molar-refractivity contribution in [1.29, 1.82) is 0 Å². The molecular formula is C19H19N3O3. The number of fused-ring (bicyclic) bond motifs is 2. The molecule has 1 aliphatic heterocycles. The molecule has 1 saturated heterocycles. The molecule has 1 aromatic carbocycles. The highest BCUT2D eigenvalue weighted by Gasteiger charge is 2.30. The van der Waals surface area contributed by atoms with Crippen molar-refractivity contribution in [3.63, 3.8) is 0 Å². The van der Waals surface area contributed by atoms with Crippen LogP contribution in [0.5, 0.6) is 0 Å². The Hall–Kier alpha value is -2.76. The predicted molar refractivity (Wildman–Crippen MR) is 92.0 cm³/mol. The van der Waals surface area contributed by atoms with Gasteiger partial charge in [-0.25, -0.2) is 0 Å². The molecule has 1 atom stereocenters. The highest BCUT2D eigenvalue weighted by Crippen LogP contribution is 2.29. The fourth-order valence-corrected chi connectivity index (χ4v) is 3.69. The van der Waals surface area contributed by atoms with Crippen LogP contribution >= 0.6 is 0 Å². The third kappa shape index (κ3) is 2.88. The van der Waals surface area contributed by atoms with Gasteiger partial charge in [0.15, 0.2) is 0 Å². The smallest absolute Gasteiger partial charge is 0.252 e. The minimum atomic E-state index is -0.670. The van der Waals surface area contributed by atoms with Crippen LogP contribution in [0.2, 0.25) is 0 Å². The van der Waals surface area contributed by atoms with Crippen molar-refractivity contribution in [1.82, 2.24) is 15.6 Å². The number of amides is 3. The van der Waals surface area contributed by atoms with E-state index in [9.17, 15) is 14.4 Å². The molecule has 2 heterocycles. The summed E-state index contributed by atoms with van der Waals surface area (Å²) in [6.45, 7) is 0. The van der Waals surface area contributed by atoms with E-state index in [1.807, 2.05) is 24.3 Å². The first-order valence-corrected chi connectivity index (χ1v) is 8.68. The number of pyridine rings is 1. The number of para-hydroxylation sites is 1. The van der Waals surface area contributed by atoms with Gasteiger partial charge >= 0.3 is 0 Å². The summed E-state index contributed by atoms with van der Waals surface area (Å²) in [6, 6.07) is 6.94. The maximum absolute atomic E-state index is 13.0. The summed E-state index contributed by atoms with van der Waals surface area (Å²) in [6.07, 6.45) is 4.38. The molecule has 4 rings (SSSR count). The molecular weight excluding hydrogens is 318 g/mol. The molecule has 2 aromatic rings. The Morgan fingerprint density at radius 1 is 1.12 bits per heavy atom. The van der Waals surface area contributed by atoms with Crippen LogP contribution in [0.25, 0.3) is 10.9 Å². The number of nitrogens with zero attached hydrogens (tertiary/aromatic N) is 1. The highest BCUT2D eigenvalue weighted by molar-refractivity contribution is 6.10. The lowest BCUT2D eigenvalue weighted by Gasteiger charge is -2.24. The van der Waals surface area contributed by atoms with Crippen molar-refractivity contribution in [3.05, 3.63) is 41.1 Å². The molecule has 1 unspecified atom stereocenters. The number of nitrogens with one attached hydrogen (secondary N) is 2. The third-order valence-corrected chi connectivity index (χ3v) is 4.94. The van der Waals surface area contributed by atoms with E-state index in [1.165, 1.54) is 0 Å². The Bertz CT molecular complexity index is 891. The average Bonchev–Trinajstić information content (AvgIpc) is 2.62. The van der Waals surface area contributed by atoms with Crippen LogP contribution in [-0.4, -0.2) is 28.7 Å². The summed E-state index contributed by atoms with van der Waals surface area (Å²) in [5.41, 5.74) is 3.41. The van der Waals surface area contributed by atoms with Crippen LogP contribution < -0.4 is 10.6 Å². The standard InChI is InChI=1S/C19H19N3O3/c23-16-10-9-15(18(24)22-16)21-19(25)17-11-5-1-3-7-13(11)20-14-8-4-2-6-12(14)17/h1,3,5,7,15H,2,4,6,8-10H2,(H,21,25)(H,22,23,24). The molecule has 1 aromatic heterocycles. The molecule has 0 saturated carbocycles. The second kappa shape index (κ2) is 6.27. The molecule has 2 N–H and O–H groups in total. The van der Waals surface area contributed by atoms with Gasteiger partial charge in [-0.15, -0.1) is 0 Å². The molecule has 2 aliphatic rings. The van der Waals surface area contributed by atoms with E-state index in [0.717, 1.165) is 47.8 Å². The van der Waals surface area contributed by atoms with E-state index in [0.29, 0.717) is 12.0 Å². The first kappa shape index (κ1) is 15.7.